The maximum absolute atomic E-state index is 12.9. The van der Waals surface area contributed by atoms with E-state index in [1.165, 1.54) is 6.07 Å². The van der Waals surface area contributed by atoms with E-state index >= 15 is 0 Å². The first-order valence-corrected chi connectivity index (χ1v) is 11.5. The molecule has 8 heteroatoms. The second kappa shape index (κ2) is 8.10. The Morgan fingerprint density at radius 1 is 1.17 bits per heavy atom. The Hall–Kier alpha value is -2.87. The number of amidine groups is 1. The molecule has 7 nitrogen and oxygen atoms in total. The number of fused-ring (bicyclic) bond motifs is 3. The van der Waals surface area contributed by atoms with Crippen molar-refractivity contribution in [2.45, 2.75) is 43.5 Å². The predicted octanol–water partition coefficient (Wildman–Crippen LogP) is 3.67. The van der Waals surface area contributed by atoms with Crippen LogP contribution in [0.4, 0.5) is 5.69 Å². The summed E-state index contributed by atoms with van der Waals surface area (Å²) in [4.78, 5) is 14.9. The number of methoxy groups -OCH3 is 1. The largest absolute Gasteiger partial charge is 0.496 e. The van der Waals surface area contributed by atoms with Gasteiger partial charge in [0.05, 0.1) is 18.8 Å². The number of nitrogens with zero attached hydrogens (tertiary/aromatic N) is 2. The van der Waals surface area contributed by atoms with Crippen molar-refractivity contribution >= 4 is 27.5 Å². The lowest BCUT2D eigenvalue weighted by molar-refractivity contribution is 0.0939. The van der Waals surface area contributed by atoms with E-state index in [-0.39, 0.29) is 22.4 Å². The lowest BCUT2D eigenvalue weighted by atomic mass is 10.1. The van der Waals surface area contributed by atoms with Gasteiger partial charge in [-0.05, 0) is 44.0 Å². The molecule has 30 heavy (non-hydrogen) atoms. The molecule has 1 amide bonds. The third kappa shape index (κ3) is 3.79. The second-order valence-corrected chi connectivity index (χ2v) is 9.14. The Balaban J connectivity index is 1.63. The SMILES string of the molecule is COc1ccccc1[C@H](C)NC(=O)c1ccc2c(c1)S(=O)(=O)N=C1CCCCCN12. The van der Waals surface area contributed by atoms with Gasteiger partial charge in [-0.3, -0.25) is 4.79 Å². The van der Waals surface area contributed by atoms with Gasteiger partial charge in [-0.15, -0.1) is 4.40 Å². The fourth-order valence-electron chi connectivity index (χ4n) is 4.00. The van der Waals surface area contributed by atoms with Gasteiger partial charge in [-0.2, -0.15) is 8.42 Å². The van der Waals surface area contributed by atoms with Gasteiger partial charge in [-0.25, -0.2) is 0 Å². The molecule has 1 saturated heterocycles. The summed E-state index contributed by atoms with van der Waals surface area (Å²) < 4.78 is 35.0. The highest BCUT2D eigenvalue weighted by molar-refractivity contribution is 7.90. The molecule has 0 radical (unpaired) electrons. The van der Waals surface area contributed by atoms with E-state index in [1.54, 1.807) is 19.2 Å². The van der Waals surface area contributed by atoms with Crippen molar-refractivity contribution in [3.63, 3.8) is 0 Å². The van der Waals surface area contributed by atoms with Crippen LogP contribution in [0.5, 0.6) is 5.75 Å². The molecular formula is C22H25N3O4S. The zero-order chi connectivity index (χ0) is 21.3. The Bertz CT molecular complexity index is 1110. The highest BCUT2D eigenvalue weighted by atomic mass is 32.2. The standard InChI is InChI=1S/C22H25N3O4S/c1-15(17-8-5-6-9-19(17)29-2)23-22(26)16-11-12-18-20(14-16)30(27,28)24-21-10-4-3-7-13-25(18)21/h5-6,8-9,11-12,14-15H,3-4,7,10,13H2,1-2H3,(H,23,26)/t15-/m0/s1. The maximum Gasteiger partial charge on any atom is 0.286 e. The molecule has 1 fully saturated rings. The molecule has 2 aliphatic rings. The monoisotopic (exact) mass is 427 g/mol. The number of rotatable bonds is 4. The molecule has 2 aliphatic heterocycles. The molecule has 2 aromatic rings. The van der Waals surface area contributed by atoms with E-state index < -0.39 is 10.0 Å². The molecule has 0 unspecified atom stereocenters. The molecule has 2 heterocycles. The number of amides is 1. The van der Waals surface area contributed by atoms with Crippen molar-refractivity contribution in [3.05, 3.63) is 53.6 Å². The minimum absolute atomic E-state index is 0.0887. The van der Waals surface area contributed by atoms with Crippen LogP contribution in [0.25, 0.3) is 0 Å². The predicted molar refractivity (Wildman–Crippen MR) is 116 cm³/mol. The summed E-state index contributed by atoms with van der Waals surface area (Å²) >= 11 is 0. The summed E-state index contributed by atoms with van der Waals surface area (Å²) in [5, 5.41) is 2.92. The van der Waals surface area contributed by atoms with E-state index in [2.05, 4.69) is 9.71 Å². The first kappa shape index (κ1) is 20.4. The van der Waals surface area contributed by atoms with Crippen LogP contribution in [0.1, 0.15) is 54.6 Å². The Morgan fingerprint density at radius 3 is 2.77 bits per heavy atom. The number of benzene rings is 2. The van der Waals surface area contributed by atoms with Gasteiger partial charge in [0.2, 0.25) is 0 Å². The van der Waals surface area contributed by atoms with Crippen molar-refractivity contribution in [2.24, 2.45) is 4.40 Å². The third-order valence-electron chi connectivity index (χ3n) is 5.56. The average molecular weight is 428 g/mol. The van der Waals surface area contributed by atoms with E-state index in [9.17, 15) is 13.2 Å². The number of ether oxygens (including phenoxy) is 1. The first-order chi connectivity index (χ1) is 14.4. The van der Waals surface area contributed by atoms with Gasteiger partial charge >= 0.3 is 0 Å². The summed E-state index contributed by atoms with van der Waals surface area (Å²) in [7, 11) is -2.25. The number of carbonyl (C=O) groups excluding carboxylic acids is 1. The van der Waals surface area contributed by atoms with Crippen LogP contribution in [-0.2, 0) is 10.0 Å². The lowest BCUT2D eigenvalue weighted by Gasteiger charge is -2.29. The summed E-state index contributed by atoms with van der Waals surface area (Å²) in [6.07, 6.45) is 3.61. The molecule has 1 atom stereocenters. The Morgan fingerprint density at radius 2 is 1.97 bits per heavy atom. The van der Waals surface area contributed by atoms with Crippen LogP contribution in [0.2, 0.25) is 0 Å². The highest BCUT2D eigenvalue weighted by Gasteiger charge is 2.32. The number of hydrogen-bond donors (Lipinski definition) is 1. The normalized spacial score (nSPS) is 18.3. The number of carbonyl (C=O) groups is 1. The van der Waals surface area contributed by atoms with Gasteiger partial charge in [-0.1, -0.05) is 24.6 Å². The lowest BCUT2D eigenvalue weighted by Crippen LogP contribution is -2.35. The summed E-state index contributed by atoms with van der Waals surface area (Å²) in [5.41, 5.74) is 1.74. The number of nitrogens with one attached hydrogen (secondary N) is 1. The van der Waals surface area contributed by atoms with Gasteiger partial charge in [0.25, 0.3) is 15.9 Å². The van der Waals surface area contributed by atoms with Crippen LogP contribution < -0.4 is 15.0 Å². The van der Waals surface area contributed by atoms with E-state index in [1.807, 2.05) is 36.1 Å². The van der Waals surface area contributed by atoms with Crippen molar-refractivity contribution in [1.29, 1.82) is 0 Å². The van der Waals surface area contributed by atoms with Crippen LogP contribution in [-0.4, -0.2) is 33.8 Å². The maximum atomic E-state index is 12.9. The molecular weight excluding hydrogens is 402 g/mol. The zero-order valence-electron chi connectivity index (χ0n) is 17.1. The second-order valence-electron chi connectivity index (χ2n) is 7.56. The van der Waals surface area contributed by atoms with Crippen molar-refractivity contribution < 1.29 is 17.9 Å². The molecule has 0 aliphatic carbocycles. The van der Waals surface area contributed by atoms with E-state index in [0.29, 0.717) is 23.7 Å². The van der Waals surface area contributed by atoms with Gasteiger partial charge in [0.15, 0.2) is 0 Å². The summed E-state index contributed by atoms with van der Waals surface area (Å²) in [5.74, 6) is 0.931. The summed E-state index contributed by atoms with van der Waals surface area (Å²) in [6, 6.07) is 12.0. The number of sulfonamides is 1. The average Bonchev–Trinajstić information content (AvgIpc) is 2.98. The number of hydrogen-bond acceptors (Lipinski definition) is 5. The molecule has 2 aromatic carbocycles. The van der Waals surface area contributed by atoms with E-state index in [4.69, 9.17) is 4.74 Å². The fourth-order valence-corrected chi connectivity index (χ4v) is 5.29. The smallest absolute Gasteiger partial charge is 0.286 e. The number of para-hydroxylation sites is 1. The molecule has 158 valence electrons. The van der Waals surface area contributed by atoms with Crippen molar-refractivity contribution in [2.75, 3.05) is 18.6 Å². The van der Waals surface area contributed by atoms with Crippen LogP contribution in [0, 0.1) is 0 Å². The van der Waals surface area contributed by atoms with Crippen LogP contribution in [0.3, 0.4) is 0 Å². The Kier molecular flexibility index (Phi) is 5.51. The first-order valence-electron chi connectivity index (χ1n) is 10.1. The Labute approximate surface area is 176 Å². The number of anilines is 1. The zero-order valence-corrected chi connectivity index (χ0v) is 17.9. The molecule has 1 N–H and O–H groups in total. The molecule has 0 saturated carbocycles. The molecule has 0 aromatic heterocycles. The quantitative estimate of drug-likeness (QED) is 0.804. The van der Waals surface area contributed by atoms with Gasteiger partial charge in [0.1, 0.15) is 16.5 Å². The van der Waals surface area contributed by atoms with Crippen molar-refractivity contribution in [3.8, 4) is 5.75 Å². The van der Waals surface area contributed by atoms with E-state index in [0.717, 1.165) is 31.4 Å². The fraction of sp³-hybridized carbons (Fsp3) is 0.364. The van der Waals surface area contributed by atoms with Gasteiger partial charge in [0, 0.05) is 24.1 Å². The molecule has 0 spiro atoms. The minimum Gasteiger partial charge on any atom is -0.496 e. The highest BCUT2D eigenvalue weighted by Crippen LogP contribution is 2.35. The van der Waals surface area contributed by atoms with Crippen LogP contribution in [0.15, 0.2) is 51.8 Å². The summed E-state index contributed by atoms with van der Waals surface area (Å²) in [6.45, 7) is 2.59. The molecule has 0 bridgehead atoms. The topological polar surface area (TPSA) is 88.1 Å². The van der Waals surface area contributed by atoms with Gasteiger partial charge < -0.3 is 15.0 Å². The van der Waals surface area contributed by atoms with Crippen molar-refractivity contribution in [1.82, 2.24) is 5.32 Å². The molecule has 4 rings (SSSR count). The van der Waals surface area contributed by atoms with Crippen LogP contribution >= 0.6 is 0 Å². The minimum atomic E-state index is -3.83. The third-order valence-corrected chi connectivity index (χ3v) is 6.90.